The maximum atomic E-state index is 10.6. The summed E-state index contributed by atoms with van der Waals surface area (Å²) >= 11 is 0. The Morgan fingerprint density at radius 3 is 2.54 bits per heavy atom. The monoisotopic (exact) mass is 188 g/mol. The van der Waals surface area contributed by atoms with Crippen LogP contribution in [0.2, 0.25) is 0 Å². The van der Waals surface area contributed by atoms with E-state index in [2.05, 4.69) is 0 Å². The van der Waals surface area contributed by atoms with Gasteiger partial charge in [-0.3, -0.25) is 14.5 Å². The number of hydrogen-bond donors (Lipinski definition) is 3. The van der Waals surface area contributed by atoms with Gasteiger partial charge in [-0.05, 0) is 6.42 Å². The Balaban J connectivity index is 2.60. The summed E-state index contributed by atoms with van der Waals surface area (Å²) < 4.78 is 0. The molecule has 74 valence electrons. The van der Waals surface area contributed by atoms with Crippen LogP contribution in [0, 0.1) is 0 Å². The van der Waals surface area contributed by atoms with Crippen molar-refractivity contribution in [1.82, 2.24) is 4.90 Å². The molecule has 0 unspecified atom stereocenters. The molecule has 13 heavy (non-hydrogen) atoms. The number of nitrogens with two attached hydrogens (primary N) is 1. The summed E-state index contributed by atoms with van der Waals surface area (Å²) in [5.41, 5.74) is 5.53. The molecule has 0 aromatic heterocycles. The van der Waals surface area contributed by atoms with Gasteiger partial charge in [0, 0.05) is 12.6 Å². The third-order valence-corrected chi connectivity index (χ3v) is 2.06. The molecule has 2 atom stereocenters. The van der Waals surface area contributed by atoms with E-state index in [0.717, 1.165) is 0 Å². The highest BCUT2D eigenvalue weighted by molar-refractivity contribution is 5.76. The van der Waals surface area contributed by atoms with Crippen LogP contribution in [0.4, 0.5) is 0 Å². The maximum Gasteiger partial charge on any atom is 0.320 e. The molecule has 0 aliphatic carbocycles. The van der Waals surface area contributed by atoms with Crippen LogP contribution in [-0.4, -0.2) is 52.2 Å². The largest absolute Gasteiger partial charge is 0.480 e. The Morgan fingerprint density at radius 2 is 2.08 bits per heavy atom. The first kappa shape index (κ1) is 9.94. The lowest BCUT2D eigenvalue weighted by Gasteiger charge is -2.17. The molecule has 0 aromatic carbocycles. The summed E-state index contributed by atoms with van der Waals surface area (Å²) in [5.74, 6) is -2.03. The average Bonchev–Trinajstić information content (AvgIpc) is 2.29. The third-order valence-electron chi connectivity index (χ3n) is 2.06. The van der Waals surface area contributed by atoms with Crippen molar-refractivity contribution in [3.05, 3.63) is 0 Å². The van der Waals surface area contributed by atoms with E-state index in [9.17, 15) is 9.59 Å². The summed E-state index contributed by atoms with van der Waals surface area (Å²) in [6.07, 6.45) is 0.322. The summed E-state index contributed by atoms with van der Waals surface area (Å²) in [5, 5.41) is 17.2. The lowest BCUT2D eigenvalue weighted by molar-refractivity contribution is -0.144. The van der Waals surface area contributed by atoms with Crippen LogP contribution in [0.5, 0.6) is 0 Å². The maximum absolute atomic E-state index is 10.6. The summed E-state index contributed by atoms with van der Waals surface area (Å²) in [6, 6.07) is -0.980. The second kappa shape index (κ2) is 3.71. The zero-order valence-corrected chi connectivity index (χ0v) is 7.01. The van der Waals surface area contributed by atoms with Gasteiger partial charge in [0.05, 0.1) is 6.54 Å². The van der Waals surface area contributed by atoms with Gasteiger partial charge in [-0.15, -0.1) is 0 Å². The van der Waals surface area contributed by atoms with Crippen molar-refractivity contribution >= 4 is 11.9 Å². The van der Waals surface area contributed by atoms with Gasteiger partial charge in [0.2, 0.25) is 0 Å². The fourth-order valence-corrected chi connectivity index (χ4v) is 1.54. The van der Waals surface area contributed by atoms with Crippen molar-refractivity contribution in [3.8, 4) is 0 Å². The fraction of sp³-hybridized carbons (Fsp3) is 0.714. The van der Waals surface area contributed by atoms with Gasteiger partial charge in [0.25, 0.3) is 0 Å². The molecule has 1 fully saturated rings. The smallest absolute Gasteiger partial charge is 0.320 e. The lowest BCUT2D eigenvalue weighted by atomic mass is 10.2. The number of likely N-dealkylation sites (tertiary alicyclic amines) is 1. The molecule has 0 bridgehead atoms. The van der Waals surface area contributed by atoms with Crippen molar-refractivity contribution in [2.45, 2.75) is 18.5 Å². The first-order valence-electron chi connectivity index (χ1n) is 3.95. The number of nitrogens with zero attached hydrogens (tertiary/aromatic N) is 1. The normalized spacial score (nSPS) is 29.0. The molecule has 0 spiro atoms. The van der Waals surface area contributed by atoms with Crippen LogP contribution >= 0.6 is 0 Å². The Morgan fingerprint density at radius 1 is 1.46 bits per heavy atom. The number of carboxylic acid groups (broad SMARTS) is 2. The van der Waals surface area contributed by atoms with E-state index in [-0.39, 0.29) is 12.6 Å². The van der Waals surface area contributed by atoms with Crippen LogP contribution in [0.15, 0.2) is 0 Å². The third kappa shape index (κ3) is 2.40. The number of hydrogen-bond acceptors (Lipinski definition) is 4. The quantitative estimate of drug-likeness (QED) is 0.501. The molecule has 0 amide bonds. The topological polar surface area (TPSA) is 104 Å². The molecular weight excluding hydrogens is 176 g/mol. The zero-order chi connectivity index (χ0) is 10.0. The van der Waals surface area contributed by atoms with E-state index in [1.54, 1.807) is 0 Å². The predicted octanol–water partition coefficient (Wildman–Crippen LogP) is -1.44. The second-order valence-electron chi connectivity index (χ2n) is 3.17. The van der Waals surface area contributed by atoms with Crippen LogP contribution < -0.4 is 5.73 Å². The van der Waals surface area contributed by atoms with Gasteiger partial charge < -0.3 is 15.9 Å². The van der Waals surface area contributed by atoms with E-state index in [1.165, 1.54) is 4.90 Å². The number of carboxylic acids is 2. The minimum absolute atomic E-state index is 0.236. The summed E-state index contributed by atoms with van der Waals surface area (Å²) in [6.45, 7) is 0.0773. The predicted molar refractivity (Wildman–Crippen MR) is 43.2 cm³/mol. The number of aliphatic carboxylic acids is 2. The van der Waals surface area contributed by atoms with Gasteiger partial charge in [-0.25, -0.2) is 0 Å². The van der Waals surface area contributed by atoms with Gasteiger partial charge in [-0.2, -0.15) is 0 Å². The minimum Gasteiger partial charge on any atom is -0.480 e. The first-order chi connectivity index (χ1) is 6.00. The molecule has 1 rings (SSSR count). The first-order valence-corrected chi connectivity index (χ1v) is 3.95. The molecule has 1 aliphatic heterocycles. The Labute approximate surface area is 74.9 Å². The highest BCUT2D eigenvalue weighted by Crippen LogP contribution is 2.15. The molecule has 0 radical (unpaired) electrons. The Hall–Kier alpha value is -1.14. The molecule has 6 heteroatoms. The van der Waals surface area contributed by atoms with Crippen LogP contribution in [-0.2, 0) is 9.59 Å². The fourth-order valence-electron chi connectivity index (χ4n) is 1.54. The van der Waals surface area contributed by atoms with Gasteiger partial charge in [-0.1, -0.05) is 0 Å². The molecule has 0 aromatic rings. The molecule has 0 saturated carbocycles. The highest BCUT2D eigenvalue weighted by atomic mass is 16.4. The van der Waals surface area contributed by atoms with Crippen molar-refractivity contribution in [2.75, 3.05) is 13.1 Å². The van der Waals surface area contributed by atoms with E-state index >= 15 is 0 Å². The van der Waals surface area contributed by atoms with Crippen molar-refractivity contribution in [1.29, 1.82) is 0 Å². The van der Waals surface area contributed by atoms with E-state index in [4.69, 9.17) is 15.9 Å². The van der Waals surface area contributed by atoms with Crippen LogP contribution in [0.3, 0.4) is 0 Å². The molecule has 1 saturated heterocycles. The van der Waals surface area contributed by atoms with Crippen molar-refractivity contribution in [3.63, 3.8) is 0 Å². The molecule has 6 nitrogen and oxygen atoms in total. The zero-order valence-electron chi connectivity index (χ0n) is 7.01. The molecule has 4 N–H and O–H groups in total. The van der Waals surface area contributed by atoms with E-state index < -0.39 is 18.0 Å². The Kier molecular flexibility index (Phi) is 2.84. The summed E-state index contributed by atoms with van der Waals surface area (Å²) in [7, 11) is 0. The Bertz CT molecular complexity index is 231. The number of carbonyl (C=O) groups is 2. The minimum atomic E-state index is -1.03. The van der Waals surface area contributed by atoms with E-state index in [1.807, 2.05) is 0 Å². The number of rotatable bonds is 3. The van der Waals surface area contributed by atoms with Gasteiger partial charge >= 0.3 is 11.9 Å². The van der Waals surface area contributed by atoms with Gasteiger partial charge in [0.1, 0.15) is 6.04 Å². The molecule has 1 aliphatic rings. The van der Waals surface area contributed by atoms with Crippen molar-refractivity contribution < 1.29 is 19.8 Å². The standard InChI is InChI=1S/C7H12N2O4/c8-4-1-5(7(12)13)9(2-4)3-6(10)11/h4-5H,1-3,8H2,(H,10,11)(H,12,13)/t4-,5-/m0/s1. The van der Waals surface area contributed by atoms with Crippen molar-refractivity contribution in [2.24, 2.45) is 5.73 Å². The second-order valence-corrected chi connectivity index (χ2v) is 3.17. The average molecular weight is 188 g/mol. The van der Waals surface area contributed by atoms with E-state index in [0.29, 0.717) is 13.0 Å². The highest BCUT2D eigenvalue weighted by Gasteiger charge is 2.35. The molecular formula is C7H12N2O4. The van der Waals surface area contributed by atoms with Crippen LogP contribution in [0.1, 0.15) is 6.42 Å². The lowest BCUT2D eigenvalue weighted by Crippen LogP contribution is -2.39. The van der Waals surface area contributed by atoms with Gasteiger partial charge in [0.15, 0.2) is 0 Å². The van der Waals surface area contributed by atoms with Crippen LogP contribution in [0.25, 0.3) is 0 Å². The SMILES string of the molecule is N[C@H]1C[C@@H](C(=O)O)N(CC(=O)O)C1. The molecule has 1 heterocycles. The summed E-state index contributed by atoms with van der Waals surface area (Å²) in [4.78, 5) is 22.4.